The van der Waals surface area contributed by atoms with E-state index < -0.39 is 5.91 Å². The Labute approximate surface area is 156 Å². The number of ketones is 1. The molecular formula is C21H20N2O4. The Hall–Kier alpha value is -2.76. The lowest BCUT2D eigenvalue weighted by atomic mass is 9.63. The number of nitrogens with zero attached hydrogens (tertiary/aromatic N) is 1. The third kappa shape index (κ3) is 2.39. The summed E-state index contributed by atoms with van der Waals surface area (Å²) in [5, 5.41) is 2.70. The molecule has 0 radical (unpaired) electrons. The van der Waals surface area contributed by atoms with E-state index in [4.69, 9.17) is 0 Å². The van der Waals surface area contributed by atoms with Gasteiger partial charge in [0.2, 0.25) is 17.7 Å². The van der Waals surface area contributed by atoms with Crippen molar-refractivity contribution in [3.05, 3.63) is 42.0 Å². The van der Waals surface area contributed by atoms with Crippen LogP contribution in [-0.4, -0.2) is 34.9 Å². The molecule has 0 spiro atoms. The minimum Gasteiger partial charge on any atom is -0.325 e. The molecule has 0 unspecified atom stereocenters. The second-order valence-corrected chi connectivity index (χ2v) is 8.10. The van der Waals surface area contributed by atoms with Gasteiger partial charge >= 0.3 is 0 Å². The highest BCUT2D eigenvalue weighted by Gasteiger charge is 2.67. The summed E-state index contributed by atoms with van der Waals surface area (Å²) < 4.78 is 0. The Morgan fingerprint density at radius 2 is 1.56 bits per heavy atom. The zero-order chi connectivity index (χ0) is 18.9. The molecule has 1 N–H and O–H groups in total. The number of carbonyl (C=O) groups excluding carboxylic acids is 4. The van der Waals surface area contributed by atoms with Crippen molar-refractivity contribution in [3.8, 4) is 0 Å². The Balaban J connectivity index is 1.29. The lowest BCUT2D eigenvalue weighted by molar-refractivity contribution is -0.142. The Kier molecular flexibility index (Phi) is 3.41. The molecule has 2 bridgehead atoms. The zero-order valence-corrected chi connectivity index (χ0v) is 14.9. The first-order chi connectivity index (χ1) is 13.0. The molecule has 1 aromatic carbocycles. The lowest BCUT2D eigenvalue weighted by Crippen LogP contribution is -2.40. The molecule has 3 fully saturated rings. The van der Waals surface area contributed by atoms with E-state index in [2.05, 4.69) is 17.5 Å². The Bertz CT molecular complexity index is 867. The molecule has 6 atom stereocenters. The molecule has 5 aliphatic rings. The van der Waals surface area contributed by atoms with Crippen LogP contribution < -0.4 is 5.32 Å². The van der Waals surface area contributed by atoms with Crippen LogP contribution in [0.5, 0.6) is 0 Å². The van der Waals surface area contributed by atoms with Gasteiger partial charge in [0.15, 0.2) is 5.78 Å². The van der Waals surface area contributed by atoms with Gasteiger partial charge in [0.05, 0.1) is 11.8 Å². The summed E-state index contributed by atoms with van der Waals surface area (Å²) >= 11 is 0. The maximum atomic E-state index is 12.9. The van der Waals surface area contributed by atoms with Gasteiger partial charge < -0.3 is 5.32 Å². The summed E-state index contributed by atoms with van der Waals surface area (Å²) in [6.45, 7) is 1.22. The first-order valence-corrected chi connectivity index (χ1v) is 9.40. The predicted octanol–water partition coefficient (Wildman–Crippen LogP) is 1.88. The molecule has 27 heavy (non-hydrogen) atoms. The number of Topliss-reactive ketones (excluding diaryl/α,β-unsaturated/α-hetero) is 1. The molecule has 1 aliphatic heterocycles. The molecule has 6 rings (SSSR count). The van der Waals surface area contributed by atoms with E-state index >= 15 is 0 Å². The molecule has 1 saturated heterocycles. The van der Waals surface area contributed by atoms with Crippen LogP contribution in [-0.2, 0) is 14.4 Å². The number of allylic oxidation sites excluding steroid dienone is 2. The average molecular weight is 364 g/mol. The summed E-state index contributed by atoms with van der Waals surface area (Å²) in [7, 11) is 0. The monoisotopic (exact) mass is 364 g/mol. The second kappa shape index (κ2) is 5.62. The topological polar surface area (TPSA) is 83.6 Å². The summed E-state index contributed by atoms with van der Waals surface area (Å²) in [5.74, 6) is 0.00757. The van der Waals surface area contributed by atoms with Crippen molar-refractivity contribution >= 4 is 29.2 Å². The second-order valence-electron chi connectivity index (χ2n) is 8.10. The molecule has 1 aromatic rings. The average Bonchev–Trinajstić information content (AvgIpc) is 3.43. The molecular weight excluding hydrogens is 344 g/mol. The van der Waals surface area contributed by atoms with Crippen molar-refractivity contribution in [2.45, 2.75) is 13.3 Å². The number of imide groups is 1. The van der Waals surface area contributed by atoms with E-state index in [1.807, 2.05) is 0 Å². The number of amides is 3. The standard InChI is InChI=1S/C21H20N2O4/c1-10(24)11-2-4-12(5-3-11)22-17(25)9-23-20(26)18-13-6-7-14(16-8-15(13)16)19(18)21(23)27/h2-7,13-16,18-19H,8-9H2,1H3,(H,22,25)/t13-,14-,15-,16-,18-,19+/m1/s1. The predicted molar refractivity (Wildman–Crippen MR) is 96.5 cm³/mol. The molecule has 3 amide bonds. The third-order valence-electron chi connectivity index (χ3n) is 6.63. The fourth-order valence-electron chi connectivity index (χ4n) is 5.31. The normalized spacial score (nSPS) is 35.1. The van der Waals surface area contributed by atoms with Gasteiger partial charge in [0.25, 0.3) is 0 Å². The molecule has 0 aromatic heterocycles. The first-order valence-electron chi connectivity index (χ1n) is 9.40. The Morgan fingerprint density at radius 3 is 2.07 bits per heavy atom. The van der Waals surface area contributed by atoms with Gasteiger partial charge in [-0.1, -0.05) is 12.2 Å². The lowest BCUT2D eigenvalue weighted by Gasteiger charge is -2.37. The quantitative estimate of drug-likeness (QED) is 0.502. The van der Waals surface area contributed by atoms with Crippen LogP contribution in [0, 0.1) is 35.5 Å². The van der Waals surface area contributed by atoms with E-state index in [9.17, 15) is 19.2 Å². The van der Waals surface area contributed by atoms with Crippen molar-refractivity contribution in [1.82, 2.24) is 4.90 Å². The minimum absolute atomic E-state index is 0.0509. The van der Waals surface area contributed by atoms with E-state index in [1.54, 1.807) is 24.3 Å². The number of hydrogen-bond donors (Lipinski definition) is 1. The molecule has 6 nitrogen and oxygen atoms in total. The number of rotatable bonds is 4. The number of nitrogens with one attached hydrogen (secondary N) is 1. The minimum atomic E-state index is -0.406. The van der Waals surface area contributed by atoms with Crippen molar-refractivity contribution in [3.63, 3.8) is 0 Å². The molecule has 138 valence electrons. The number of benzene rings is 1. The SMILES string of the molecule is CC(=O)c1ccc(NC(=O)CN2C(=O)[C@@H]3[C@@H]4C=C[C@H]([C@H]5C[C@H]45)[C@@H]3C2=O)cc1. The first kappa shape index (κ1) is 16.4. The van der Waals surface area contributed by atoms with Gasteiger partial charge in [-0.2, -0.15) is 0 Å². The van der Waals surface area contributed by atoms with Crippen LogP contribution >= 0.6 is 0 Å². The van der Waals surface area contributed by atoms with Crippen molar-refractivity contribution < 1.29 is 19.2 Å². The van der Waals surface area contributed by atoms with E-state index in [-0.39, 0.29) is 47.8 Å². The molecule has 4 aliphatic carbocycles. The summed E-state index contributed by atoms with van der Waals surface area (Å²) in [4.78, 5) is 50.6. The van der Waals surface area contributed by atoms with Crippen LogP contribution in [0.2, 0.25) is 0 Å². The number of anilines is 1. The smallest absolute Gasteiger partial charge is 0.244 e. The number of hydrogen-bond acceptors (Lipinski definition) is 4. The van der Waals surface area contributed by atoms with Gasteiger partial charge in [-0.25, -0.2) is 0 Å². The van der Waals surface area contributed by atoms with Crippen LogP contribution in [0.3, 0.4) is 0 Å². The maximum Gasteiger partial charge on any atom is 0.244 e. The maximum absolute atomic E-state index is 12.9. The van der Waals surface area contributed by atoms with Gasteiger partial charge in [-0.3, -0.25) is 24.1 Å². The van der Waals surface area contributed by atoms with Gasteiger partial charge in [0.1, 0.15) is 6.54 Å². The van der Waals surface area contributed by atoms with Crippen LogP contribution in [0.15, 0.2) is 36.4 Å². The van der Waals surface area contributed by atoms with Gasteiger partial charge in [-0.05, 0) is 61.3 Å². The zero-order valence-electron chi connectivity index (χ0n) is 14.9. The van der Waals surface area contributed by atoms with Gasteiger partial charge in [-0.15, -0.1) is 0 Å². The third-order valence-corrected chi connectivity index (χ3v) is 6.63. The van der Waals surface area contributed by atoms with Crippen LogP contribution in [0.4, 0.5) is 5.69 Å². The van der Waals surface area contributed by atoms with Crippen LogP contribution in [0.1, 0.15) is 23.7 Å². The molecule has 1 heterocycles. The molecule has 2 saturated carbocycles. The van der Waals surface area contributed by atoms with Crippen LogP contribution in [0.25, 0.3) is 0 Å². The van der Waals surface area contributed by atoms with E-state index in [0.29, 0.717) is 23.1 Å². The highest BCUT2D eigenvalue weighted by atomic mass is 16.2. The Morgan fingerprint density at radius 1 is 1.00 bits per heavy atom. The fourth-order valence-corrected chi connectivity index (χ4v) is 5.31. The number of likely N-dealkylation sites (tertiary alicyclic amines) is 1. The summed E-state index contributed by atoms with van der Waals surface area (Å²) in [6, 6.07) is 6.54. The fraction of sp³-hybridized carbons (Fsp3) is 0.429. The van der Waals surface area contributed by atoms with Crippen molar-refractivity contribution in [1.29, 1.82) is 0 Å². The molecule has 6 heteroatoms. The van der Waals surface area contributed by atoms with Gasteiger partial charge in [0, 0.05) is 11.3 Å². The van der Waals surface area contributed by atoms with E-state index in [1.165, 1.54) is 6.92 Å². The van der Waals surface area contributed by atoms with Crippen molar-refractivity contribution in [2.24, 2.45) is 35.5 Å². The summed E-state index contributed by atoms with van der Waals surface area (Å²) in [6.07, 6.45) is 5.35. The highest BCUT2D eigenvalue weighted by molar-refractivity contribution is 6.09. The van der Waals surface area contributed by atoms with E-state index in [0.717, 1.165) is 11.3 Å². The summed E-state index contributed by atoms with van der Waals surface area (Å²) in [5.41, 5.74) is 1.09. The van der Waals surface area contributed by atoms with Crippen molar-refractivity contribution in [2.75, 3.05) is 11.9 Å². The number of carbonyl (C=O) groups is 4. The largest absolute Gasteiger partial charge is 0.325 e. The highest BCUT2D eigenvalue weighted by Crippen LogP contribution is 2.65.